The molecule has 1 fully saturated rings. The van der Waals surface area contributed by atoms with Gasteiger partial charge in [-0.15, -0.1) is 0 Å². The molecule has 0 saturated carbocycles. The number of carbonyl (C=O) groups excluding carboxylic acids is 1. The zero-order valence-electron chi connectivity index (χ0n) is 18.8. The molecular formula is C22H35ClFN5O. The minimum absolute atomic E-state index is 0.0127. The summed E-state index contributed by atoms with van der Waals surface area (Å²) in [4.78, 5) is 20.5. The largest absolute Gasteiger partial charge is 0.356 e. The standard InChI is InChI=1S/C22H35ClFN5O/c1-22(2,17-10-9-16(24)14-18(17)23)15-27-21(25-3)26-11-7-13-29-12-6-8-19(29)20(30)28(4)5/h9-10,14,19H,6-8,11-13,15H2,1-5H3,(H2,25,26,27). The number of aliphatic imine (C=N–C) groups is 1. The van der Waals surface area contributed by atoms with E-state index in [1.807, 2.05) is 14.1 Å². The van der Waals surface area contributed by atoms with Gasteiger partial charge in [-0.3, -0.25) is 14.7 Å². The SMILES string of the molecule is CN=C(NCCCN1CCCC1C(=O)N(C)C)NCC(C)(C)c1ccc(F)cc1Cl. The molecule has 2 rings (SSSR count). The van der Waals surface area contributed by atoms with E-state index >= 15 is 0 Å². The maximum absolute atomic E-state index is 13.3. The van der Waals surface area contributed by atoms with Gasteiger partial charge in [0.15, 0.2) is 5.96 Å². The lowest BCUT2D eigenvalue weighted by atomic mass is 9.84. The molecule has 1 unspecified atom stereocenters. The predicted octanol–water partition coefficient (Wildman–Crippen LogP) is 2.86. The highest BCUT2D eigenvalue weighted by Crippen LogP contribution is 2.29. The molecule has 8 heteroatoms. The monoisotopic (exact) mass is 439 g/mol. The summed E-state index contributed by atoms with van der Waals surface area (Å²) < 4.78 is 13.3. The average Bonchev–Trinajstić information content (AvgIpc) is 3.14. The first-order valence-electron chi connectivity index (χ1n) is 10.5. The molecule has 1 amide bonds. The van der Waals surface area contributed by atoms with Crippen LogP contribution in [0.2, 0.25) is 5.02 Å². The van der Waals surface area contributed by atoms with E-state index in [4.69, 9.17) is 11.6 Å². The molecule has 0 bridgehead atoms. The molecule has 30 heavy (non-hydrogen) atoms. The lowest BCUT2D eigenvalue weighted by Crippen LogP contribution is -2.45. The highest BCUT2D eigenvalue weighted by atomic mass is 35.5. The number of amides is 1. The average molecular weight is 440 g/mol. The fourth-order valence-corrected chi connectivity index (χ4v) is 4.24. The van der Waals surface area contributed by atoms with Gasteiger partial charge in [0, 0.05) is 51.2 Å². The number of rotatable bonds is 8. The normalized spacial score (nSPS) is 17.8. The molecule has 0 radical (unpaired) electrons. The van der Waals surface area contributed by atoms with Crippen LogP contribution >= 0.6 is 11.6 Å². The van der Waals surface area contributed by atoms with Gasteiger partial charge in [-0.1, -0.05) is 31.5 Å². The Morgan fingerprint density at radius 3 is 2.73 bits per heavy atom. The molecule has 1 atom stereocenters. The lowest BCUT2D eigenvalue weighted by molar-refractivity contribution is -0.133. The lowest BCUT2D eigenvalue weighted by Gasteiger charge is -2.28. The number of hydrogen-bond acceptors (Lipinski definition) is 3. The van der Waals surface area contributed by atoms with Crippen LogP contribution in [0.3, 0.4) is 0 Å². The van der Waals surface area contributed by atoms with Crippen LogP contribution in [0.1, 0.15) is 38.7 Å². The van der Waals surface area contributed by atoms with Crippen molar-refractivity contribution in [1.82, 2.24) is 20.4 Å². The summed E-state index contributed by atoms with van der Waals surface area (Å²) in [6, 6.07) is 4.52. The Morgan fingerprint density at radius 1 is 1.37 bits per heavy atom. The van der Waals surface area contributed by atoms with Crippen LogP contribution in [0.15, 0.2) is 23.2 Å². The number of nitrogens with one attached hydrogen (secondary N) is 2. The fourth-order valence-electron chi connectivity index (χ4n) is 3.82. The zero-order valence-corrected chi connectivity index (χ0v) is 19.5. The Labute approximate surface area is 184 Å². The Balaban J connectivity index is 1.79. The van der Waals surface area contributed by atoms with E-state index < -0.39 is 0 Å². The molecule has 2 N–H and O–H groups in total. The molecule has 0 aliphatic carbocycles. The minimum atomic E-state index is -0.336. The molecule has 1 aromatic carbocycles. The summed E-state index contributed by atoms with van der Waals surface area (Å²) in [7, 11) is 5.37. The smallest absolute Gasteiger partial charge is 0.239 e. The summed E-state index contributed by atoms with van der Waals surface area (Å²) in [6.07, 6.45) is 2.93. The zero-order chi connectivity index (χ0) is 22.3. The van der Waals surface area contributed by atoms with Crippen molar-refractivity contribution in [2.75, 3.05) is 47.3 Å². The van der Waals surface area contributed by atoms with Gasteiger partial charge >= 0.3 is 0 Å². The Hall–Kier alpha value is -1.86. The molecule has 6 nitrogen and oxygen atoms in total. The molecule has 1 aromatic rings. The Morgan fingerprint density at radius 2 is 2.10 bits per heavy atom. The highest BCUT2D eigenvalue weighted by Gasteiger charge is 2.31. The number of hydrogen-bond donors (Lipinski definition) is 2. The molecule has 1 saturated heterocycles. The maximum Gasteiger partial charge on any atom is 0.239 e. The first kappa shape index (κ1) is 24.4. The minimum Gasteiger partial charge on any atom is -0.356 e. The van der Waals surface area contributed by atoms with Crippen molar-refractivity contribution in [1.29, 1.82) is 0 Å². The number of likely N-dealkylation sites (tertiary alicyclic amines) is 1. The summed E-state index contributed by atoms with van der Waals surface area (Å²) in [5.74, 6) is 0.570. The van der Waals surface area contributed by atoms with Crippen LogP contribution in [0, 0.1) is 5.82 Å². The van der Waals surface area contributed by atoms with E-state index in [1.165, 1.54) is 12.1 Å². The number of guanidine groups is 1. The van der Waals surface area contributed by atoms with Crippen molar-refractivity contribution in [2.45, 2.75) is 44.6 Å². The van der Waals surface area contributed by atoms with Gasteiger partial charge in [0.05, 0.1) is 6.04 Å². The van der Waals surface area contributed by atoms with Crippen molar-refractivity contribution in [3.8, 4) is 0 Å². The van der Waals surface area contributed by atoms with Gasteiger partial charge in [0.2, 0.25) is 5.91 Å². The van der Waals surface area contributed by atoms with E-state index in [9.17, 15) is 9.18 Å². The first-order chi connectivity index (χ1) is 14.2. The van der Waals surface area contributed by atoms with Crippen molar-refractivity contribution < 1.29 is 9.18 Å². The summed E-state index contributed by atoms with van der Waals surface area (Å²) in [6.45, 7) is 7.33. The second kappa shape index (κ2) is 11.0. The van der Waals surface area contributed by atoms with Crippen LogP contribution in [-0.4, -0.2) is 75.0 Å². The number of likely N-dealkylation sites (N-methyl/N-ethyl adjacent to an activating group) is 1. The molecule has 0 aromatic heterocycles. The van der Waals surface area contributed by atoms with E-state index in [0.717, 1.165) is 44.5 Å². The van der Waals surface area contributed by atoms with E-state index in [-0.39, 0.29) is 23.2 Å². The highest BCUT2D eigenvalue weighted by molar-refractivity contribution is 6.31. The van der Waals surface area contributed by atoms with Crippen molar-refractivity contribution in [2.24, 2.45) is 4.99 Å². The van der Waals surface area contributed by atoms with Gasteiger partial charge in [-0.2, -0.15) is 0 Å². The summed E-state index contributed by atoms with van der Waals surface area (Å²) in [5, 5.41) is 7.09. The van der Waals surface area contributed by atoms with Crippen LogP contribution in [0.4, 0.5) is 4.39 Å². The van der Waals surface area contributed by atoms with Crippen LogP contribution in [-0.2, 0) is 10.2 Å². The van der Waals surface area contributed by atoms with E-state index in [0.29, 0.717) is 17.5 Å². The molecule has 0 spiro atoms. The topological polar surface area (TPSA) is 60.0 Å². The van der Waals surface area contributed by atoms with Crippen molar-refractivity contribution >= 4 is 23.5 Å². The van der Waals surface area contributed by atoms with Gasteiger partial charge in [-0.25, -0.2) is 4.39 Å². The van der Waals surface area contributed by atoms with E-state index in [2.05, 4.69) is 34.4 Å². The quantitative estimate of drug-likeness (QED) is 0.371. The van der Waals surface area contributed by atoms with Crippen LogP contribution in [0.5, 0.6) is 0 Å². The predicted molar refractivity (Wildman–Crippen MR) is 122 cm³/mol. The van der Waals surface area contributed by atoms with Crippen molar-refractivity contribution in [3.63, 3.8) is 0 Å². The van der Waals surface area contributed by atoms with Gasteiger partial charge in [0.25, 0.3) is 0 Å². The second-order valence-electron chi connectivity index (χ2n) is 8.64. The third-order valence-corrected chi connectivity index (χ3v) is 5.90. The third-order valence-electron chi connectivity index (χ3n) is 5.59. The molecule has 1 aliphatic rings. The molecule has 1 heterocycles. The molecular weight excluding hydrogens is 405 g/mol. The Bertz CT molecular complexity index is 753. The van der Waals surface area contributed by atoms with Gasteiger partial charge < -0.3 is 15.5 Å². The maximum atomic E-state index is 13.3. The molecule has 168 valence electrons. The number of carbonyl (C=O) groups is 1. The third kappa shape index (κ3) is 6.57. The second-order valence-corrected chi connectivity index (χ2v) is 9.05. The number of halogens is 2. The van der Waals surface area contributed by atoms with Crippen molar-refractivity contribution in [3.05, 3.63) is 34.6 Å². The van der Waals surface area contributed by atoms with Crippen LogP contribution in [0.25, 0.3) is 0 Å². The fraction of sp³-hybridized carbons (Fsp3) is 0.636. The summed E-state index contributed by atoms with van der Waals surface area (Å²) >= 11 is 6.24. The Kier molecular flexibility index (Phi) is 8.92. The van der Waals surface area contributed by atoms with Crippen LogP contribution < -0.4 is 10.6 Å². The number of benzene rings is 1. The number of nitrogens with zero attached hydrogens (tertiary/aromatic N) is 3. The van der Waals surface area contributed by atoms with Gasteiger partial charge in [0.1, 0.15) is 5.82 Å². The van der Waals surface area contributed by atoms with Gasteiger partial charge in [-0.05, 0) is 43.5 Å². The summed E-state index contributed by atoms with van der Waals surface area (Å²) in [5.41, 5.74) is 0.594. The molecule has 1 aliphatic heterocycles. The van der Waals surface area contributed by atoms with E-state index in [1.54, 1.807) is 18.0 Å². The first-order valence-corrected chi connectivity index (χ1v) is 10.9.